The average Bonchev–Trinajstić information content (AvgIpc) is 1.87. The molecule has 0 rings (SSSR count). The summed E-state index contributed by atoms with van der Waals surface area (Å²) in [5, 5.41) is 9.09. The van der Waals surface area contributed by atoms with Gasteiger partial charge < -0.3 is 10.8 Å². The molecule has 0 aromatic heterocycles. The fourth-order valence-electron chi connectivity index (χ4n) is 0.616. The van der Waals surface area contributed by atoms with Crippen LogP contribution in [0, 0.1) is 0 Å². The highest BCUT2D eigenvalue weighted by Crippen LogP contribution is 2.11. The Morgan fingerprint density at radius 2 is 2.10 bits per heavy atom. The summed E-state index contributed by atoms with van der Waals surface area (Å²) < 4.78 is 0. The maximum atomic E-state index is 9.09. The van der Waals surface area contributed by atoms with Crippen LogP contribution in [0.4, 0.5) is 0 Å². The fourth-order valence-corrected chi connectivity index (χ4v) is 1.29. The molecule has 0 saturated heterocycles. The van der Waals surface area contributed by atoms with Crippen LogP contribution in [0.15, 0.2) is 0 Å². The molecule has 0 heterocycles. The first-order valence-electron chi connectivity index (χ1n) is 3.24. The van der Waals surface area contributed by atoms with Crippen molar-refractivity contribution in [1.82, 2.24) is 0 Å². The highest BCUT2D eigenvalue weighted by molar-refractivity contribution is 9.09. The first kappa shape index (κ1) is 13.5. The Labute approximate surface area is 81.1 Å². The van der Waals surface area contributed by atoms with Gasteiger partial charge in [0.15, 0.2) is 0 Å². The summed E-state index contributed by atoms with van der Waals surface area (Å²) >= 11 is 3.33. The number of hydrogen-bond acceptors (Lipinski definition) is 2. The lowest BCUT2D eigenvalue weighted by atomic mass is 10.2. The van der Waals surface area contributed by atoms with Crippen LogP contribution in [0.2, 0.25) is 0 Å². The van der Waals surface area contributed by atoms with Gasteiger partial charge in [0.2, 0.25) is 0 Å². The van der Waals surface area contributed by atoms with Crippen LogP contribution in [-0.2, 0) is 0 Å². The summed E-state index contributed by atoms with van der Waals surface area (Å²) in [6.07, 6.45) is 1.68. The topological polar surface area (TPSA) is 46.2 Å². The van der Waals surface area contributed by atoms with Gasteiger partial charge in [0, 0.05) is 11.4 Å². The third-order valence-corrected chi connectivity index (χ3v) is 2.29. The minimum Gasteiger partial charge on any atom is -0.391 e. The average molecular weight is 277 g/mol. The molecule has 0 saturated carbocycles. The van der Waals surface area contributed by atoms with Crippen LogP contribution in [0.5, 0.6) is 0 Å². The van der Waals surface area contributed by atoms with Gasteiger partial charge >= 0.3 is 0 Å². The normalized spacial score (nSPS) is 15.6. The Morgan fingerprint density at radius 3 is 2.40 bits per heavy atom. The van der Waals surface area contributed by atoms with E-state index in [1.165, 1.54) is 0 Å². The van der Waals surface area contributed by atoms with Crippen molar-refractivity contribution in [2.45, 2.75) is 30.7 Å². The Balaban J connectivity index is 0. The molecule has 0 aliphatic heterocycles. The maximum Gasteiger partial charge on any atom is 0.0787 e. The number of alkyl halides is 1. The largest absolute Gasteiger partial charge is 0.391 e. The molecule has 4 heteroatoms. The van der Waals surface area contributed by atoms with Crippen molar-refractivity contribution < 1.29 is 5.11 Å². The highest BCUT2D eigenvalue weighted by Gasteiger charge is 2.11. The molecule has 0 aromatic carbocycles. The van der Waals surface area contributed by atoms with E-state index in [0.29, 0.717) is 6.54 Å². The van der Waals surface area contributed by atoms with E-state index >= 15 is 0 Å². The second-order valence-corrected chi connectivity index (χ2v) is 3.28. The van der Waals surface area contributed by atoms with Gasteiger partial charge in [0.1, 0.15) is 0 Å². The van der Waals surface area contributed by atoms with Crippen LogP contribution >= 0.6 is 32.9 Å². The van der Waals surface area contributed by atoms with E-state index in [9.17, 15) is 0 Å². The van der Waals surface area contributed by atoms with Crippen molar-refractivity contribution in [3.05, 3.63) is 0 Å². The summed E-state index contributed by atoms with van der Waals surface area (Å²) in [5.41, 5.74) is 5.22. The zero-order valence-electron chi connectivity index (χ0n) is 6.09. The monoisotopic (exact) mass is 275 g/mol. The summed E-state index contributed by atoms with van der Waals surface area (Å²) in [6.45, 7) is 2.42. The lowest BCUT2D eigenvalue weighted by Gasteiger charge is -2.13. The second kappa shape index (κ2) is 7.98. The highest BCUT2D eigenvalue weighted by atomic mass is 79.9. The van der Waals surface area contributed by atoms with Crippen molar-refractivity contribution in [2.24, 2.45) is 5.73 Å². The van der Waals surface area contributed by atoms with Gasteiger partial charge in [-0.3, -0.25) is 0 Å². The van der Waals surface area contributed by atoms with Crippen LogP contribution in [0.25, 0.3) is 0 Å². The third kappa shape index (κ3) is 5.65. The first-order chi connectivity index (χ1) is 4.22. The molecule has 64 valence electrons. The number of aliphatic hydroxyl groups is 1. The number of hydrogen-bond donors (Lipinski definition) is 2. The van der Waals surface area contributed by atoms with Gasteiger partial charge in [-0.1, -0.05) is 29.3 Å². The lowest BCUT2D eigenvalue weighted by molar-refractivity contribution is 0.178. The molecule has 0 amide bonds. The van der Waals surface area contributed by atoms with Crippen molar-refractivity contribution in [2.75, 3.05) is 6.54 Å². The number of halogens is 2. The molecule has 3 N–H and O–H groups in total. The minimum absolute atomic E-state index is 0. The van der Waals surface area contributed by atoms with E-state index in [-0.39, 0.29) is 27.9 Å². The number of nitrogens with two attached hydrogens (primary N) is 1. The molecule has 0 aliphatic carbocycles. The van der Waals surface area contributed by atoms with Gasteiger partial charge in [-0.05, 0) is 6.42 Å². The minimum atomic E-state index is -0.384. The van der Waals surface area contributed by atoms with Crippen LogP contribution in [0.1, 0.15) is 19.8 Å². The van der Waals surface area contributed by atoms with E-state index in [2.05, 4.69) is 22.9 Å². The van der Waals surface area contributed by atoms with Crippen LogP contribution in [-0.4, -0.2) is 22.6 Å². The number of rotatable bonds is 4. The molecular weight excluding hydrogens is 262 g/mol. The maximum absolute atomic E-state index is 9.09. The third-order valence-electron chi connectivity index (χ3n) is 1.22. The molecule has 0 aliphatic rings. The molecular formula is C6H15Br2NO. The summed E-state index contributed by atoms with van der Waals surface area (Å²) in [7, 11) is 0. The van der Waals surface area contributed by atoms with E-state index in [0.717, 1.165) is 12.8 Å². The van der Waals surface area contributed by atoms with Crippen molar-refractivity contribution in [3.8, 4) is 0 Å². The molecule has 0 spiro atoms. The molecule has 2 nitrogen and oxygen atoms in total. The van der Waals surface area contributed by atoms with Gasteiger partial charge in [-0.2, -0.15) is 0 Å². The van der Waals surface area contributed by atoms with E-state index in [1.807, 2.05) is 0 Å². The zero-order valence-corrected chi connectivity index (χ0v) is 9.39. The molecule has 2 atom stereocenters. The molecule has 10 heavy (non-hydrogen) atoms. The Hall–Kier alpha value is 0.880. The zero-order chi connectivity index (χ0) is 7.28. The molecule has 0 radical (unpaired) electrons. The molecule has 0 fully saturated rings. The predicted molar refractivity (Wildman–Crippen MR) is 53.0 cm³/mol. The quantitative estimate of drug-likeness (QED) is 0.764. The molecule has 2 unspecified atom stereocenters. The SMILES string of the molecule is Br.CCCC(Br)C(O)CN. The van der Waals surface area contributed by atoms with Crippen LogP contribution < -0.4 is 5.73 Å². The second-order valence-electron chi connectivity index (χ2n) is 2.11. The smallest absolute Gasteiger partial charge is 0.0787 e. The van der Waals surface area contributed by atoms with Gasteiger partial charge in [0.05, 0.1) is 6.10 Å². The summed E-state index contributed by atoms with van der Waals surface area (Å²) in [5.74, 6) is 0. The van der Waals surface area contributed by atoms with E-state index < -0.39 is 0 Å². The van der Waals surface area contributed by atoms with Gasteiger partial charge in [0.25, 0.3) is 0 Å². The standard InChI is InChI=1S/C6H14BrNO.BrH/c1-2-3-5(7)6(9)4-8;/h5-6,9H,2-4,8H2,1H3;1H. The van der Waals surface area contributed by atoms with E-state index in [1.54, 1.807) is 0 Å². The van der Waals surface area contributed by atoms with Crippen molar-refractivity contribution >= 4 is 32.9 Å². The predicted octanol–water partition coefficient (Wildman–Crippen LogP) is 1.45. The van der Waals surface area contributed by atoms with E-state index in [4.69, 9.17) is 10.8 Å². The first-order valence-corrected chi connectivity index (χ1v) is 4.16. The molecule has 0 aromatic rings. The lowest BCUT2D eigenvalue weighted by Crippen LogP contribution is -2.28. The Kier molecular flexibility index (Phi) is 10.7. The van der Waals surface area contributed by atoms with Crippen molar-refractivity contribution in [1.29, 1.82) is 0 Å². The summed E-state index contributed by atoms with van der Waals surface area (Å²) in [6, 6.07) is 0. The fraction of sp³-hybridized carbons (Fsp3) is 1.00. The van der Waals surface area contributed by atoms with Crippen molar-refractivity contribution in [3.63, 3.8) is 0 Å². The number of aliphatic hydroxyl groups excluding tert-OH is 1. The van der Waals surface area contributed by atoms with Gasteiger partial charge in [-0.25, -0.2) is 0 Å². The summed E-state index contributed by atoms with van der Waals surface area (Å²) in [4.78, 5) is 0.174. The molecule has 0 bridgehead atoms. The van der Waals surface area contributed by atoms with Crippen LogP contribution in [0.3, 0.4) is 0 Å². The Morgan fingerprint density at radius 1 is 1.60 bits per heavy atom. The Bertz CT molecular complexity index is 72.8. The van der Waals surface area contributed by atoms with Gasteiger partial charge in [-0.15, -0.1) is 17.0 Å².